The van der Waals surface area contributed by atoms with Gasteiger partial charge in [-0.15, -0.1) is 0 Å². The first-order chi connectivity index (χ1) is 19.4. The van der Waals surface area contributed by atoms with Gasteiger partial charge in [-0.2, -0.15) is 0 Å². The number of hydrogen-bond donors (Lipinski definition) is 1. The predicted molar refractivity (Wildman–Crippen MR) is 156 cm³/mol. The molecule has 11 nitrogen and oxygen atoms in total. The van der Waals surface area contributed by atoms with Gasteiger partial charge in [-0.1, -0.05) is 60.2 Å². The van der Waals surface area contributed by atoms with E-state index in [1.807, 2.05) is 61.5 Å². The molecule has 1 atom stereocenters. The molecular weight excluding hydrogens is 548 g/mol. The smallest absolute Gasteiger partial charge is 0.271 e. The summed E-state index contributed by atoms with van der Waals surface area (Å²) in [5.41, 5.74) is 2.03. The number of hydrogen-bond acceptors (Lipinski definition) is 7. The molecular formula is C29H34N4O7S. The molecule has 41 heavy (non-hydrogen) atoms. The van der Waals surface area contributed by atoms with Crippen LogP contribution in [-0.4, -0.2) is 62.6 Å². The molecule has 0 aliphatic heterocycles. The Hall–Kier alpha value is -4.45. The second-order valence-corrected chi connectivity index (χ2v) is 11.4. The number of aryl methyl sites for hydroxylation is 1. The monoisotopic (exact) mass is 582 g/mol. The quantitative estimate of drug-likeness (QED) is 0.241. The van der Waals surface area contributed by atoms with Gasteiger partial charge in [-0.05, 0) is 31.0 Å². The molecule has 0 bridgehead atoms. The lowest BCUT2D eigenvalue weighted by atomic mass is 10.0. The largest absolute Gasteiger partial charge is 0.495 e. The molecule has 0 aliphatic carbocycles. The summed E-state index contributed by atoms with van der Waals surface area (Å²) < 4.78 is 32.0. The Bertz CT molecular complexity index is 1480. The molecule has 12 heteroatoms. The van der Waals surface area contributed by atoms with Crippen molar-refractivity contribution in [2.45, 2.75) is 32.9 Å². The zero-order valence-electron chi connectivity index (χ0n) is 23.4. The maximum absolute atomic E-state index is 14.1. The van der Waals surface area contributed by atoms with Gasteiger partial charge in [-0.25, -0.2) is 8.42 Å². The van der Waals surface area contributed by atoms with Crippen LogP contribution in [0.5, 0.6) is 5.75 Å². The lowest BCUT2D eigenvalue weighted by Gasteiger charge is -2.33. The first-order valence-corrected chi connectivity index (χ1v) is 14.8. The first-order valence-electron chi connectivity index (χ1n) is 12.9. The van der Waals surface area contributed by atoms with Crippen molar-refractivity contribution in [3.05, 3.63) is 99.6 Å². The van der Waals surface area contributed by atoms with Gasteiger partial charge in [0.05, 0.1) is 18.3 Å². The highest BCUT2D eigenvalue weighted by atomic mass is 32.2. The van der Waals surface area contributed by atoms with Crippen LogP contribution in [0.2, 0.25) is 0 Å². The molecule has 218 valence electrons. The molecule has 3 aromatic carbocycles. The number of likely N-dealkylation sites (N-methyl/N-ethyl adjacent to an activating group) is 1. The first kappa shape index (κ1) is 31.1. The Morgan fingerprint density at radius 3 is 2.24 bits per heavy atom. The third-order valence-electron chi connectivity index (χ3n) is 6.42. The number of carbonyl (C=O) groups is 2. The number of benzene rings is 3. The number of sulfonamides is 1. The number of carbonyl (C=O) groups excluding carboxylic acids is 2. The van der Waals surface area contributed by atoms with Crippen molar-refractivity contribution in [1.29, 1.82) is 0 Å². The minimum atomic E-state index is -4.13. The van der Waals surface area contributed by atoms with Crippen molar-refractivity contribution in [2.24, 2.45) is 0 Å². The van der Waals surface area contributed by atoms with Crippen LogP contribution in [0.15, 0.2) is 72.8 Å². The van der Waals surface area contributed by atoms with Gasteiger partial charge < -0.3 is 15.0 Å². The molecule has 0 saturated carbocycles. The Morgan fingerprint density at radius 2 is 1.68 bits per heavy atom. The number of methoxy groups -OCH3 is 1. The molecule has 0 aromatic heterocycles. The van der Waals surface area contributed by atoms with E-state index >= 15 is 0 Å². The van der Waals surface area contributed by atoms with Crippen LogP contribution in [0.4, 0.5) is 11.4 Å². The number of nitro benzene ring substituents is 1. The van der Waals surface area contributed by atoms with Crippen LogP contribution in [0.3, 0.4) is 0 Å². The van der Waals surface area contributed by atoms with Crippen LogP contribution in [-0.2, 0) is 32.6 Å². The van der Waals surface area contributed by atoms with Crippen molar-refractivity contribution in [1.82, 2.24) is 10.2 Å². The van der Waals surface area contributed by atoms with Gasteiger partial charge >= 0.3 is 0 Å². The summed E-state index contributed by atoms with van der Waals surface area (Å²) in [6, 6.07) is 19.2. The molecule has 3 aromatic rings. The van der Waals surface area contributed by atoms with E-state index in [1.165, 1.54) is 24.1 Å². The highest BCUT2D eigenvalue weighted by Crippen LogP contribution is 2.34. The minimum Gasteiger partial charge on any atom is -0.495 e. The molecule has 3 rings (SSSR count). The molecule has 1 N–H and O–H groups in total. The minimum absolute atomic E-state index is 0.0252. The van der Waals surface area contributed by atoms with E-state index in [1.54, 1.807) is 6.92 Å². The van der Waals surface area contributed by atoms with Crippen molar-refractivity contribution >= 4 is 33.2 Å². The summed E-state index contributed by atoms with van der Waals surface area (Å²) >= 11 is 0. The van der Waals surface area contributed by atoms with Crippen molar-refractivity contribution in [3.8, 4) is 5.75 Å². The van der Waals surface area contributed by atoms with Gasteiger partial charge in [0.1, 0.15) is 24.0 Å². The highest BCUT2D eigenvalue weighted by molar-refractivity contribution is 7.92. The second-order valence-electron chi connectivity index (χ2n) is 9.49. The standard InChI is InChI=1S/C29H34N4O7S/c1-5-30-29(35)26(17-22-9-7-6-8-10-22)31(19-23-13-11-21(2)12-14-23)28(34)20-32(41(4,38)39)25-18-24(33(36)37)15-16-27(25)40-3/h6-16,18,26H,5,17,19-20H2,1-4H3,(H,30,35)/t26-/m0/s1. The molecule has 0 heterocycles. The van der Waals surface area contributed by atoms with Crippen molar-refractivity contribution in [2.75, 3.05) is 30.8 Å². The summed E-state index contributed by atoms with van der Waals surface area (Å²) in [5, 5.41) is 14.2. The molecule has 0 fully saturated rings. The highest BCUT2D eigenvalue weighted by Gasteiger charge is 2.34. The number of anilines is 1. The third-order valence-corrected chi connectivity index (χ3v) is 7.54. The molecule has 0 aliphatic rings. The number of nitrogens with zero attached hydrogens (tertiary/aromatic N) is 3. The number of ether oxygens (including phenoxy) is 1. The zero-order valence-corrected chi connectivity index (χ0v) is 24.3. The van der Waals surface area contributed by atoms with E-state index in [-0.39, 0.29) is 30.1 Å². The number of non-ortho nitro benzene ring substituents is 1. The molecule has 0 radical (unpaired) electrons. The van der Waals surface area contributed by atoms with Crippen LogP contribution < -0.4 is 14.4 Å². The SMILES string of the molecule is CCNC(=O)[C@H](Cc1ccccc1)N(Cc1ccc(C)cc1)C(=O)CN(c1cc([N+](=O)[O-])ccc1OC)S(C)(=O)=O. The topological polar surface area (TPSA) is 139 Å². The fraction of sp³-hybridized carbons (Fsp3) is 0.310. The molecule has 0 saturated heterocycles. The van der Waals surface area contributed by atoms with Crippen molar-refractivity contribution < 1.29 is 27.7 Å². The van der Waals surface area contributed by atoms with Gasteiger partial charge in [0, 0.05) is 31.6 Å². The maximum atomic E-state index is 14.1. The normalized spacial score (nSPS) is 11.8. The van der Waals surface area contributed by atoms with Crippen LogP contribution in [0.25, 0.3) is 0 Å². The van der Waals surface area contributed by atoms with Gasteiger partial charge in [0.25, 0.3) is 5.69 Å². The van der Waals surface area contributed by atoms with Gasteiger partial charge in [0.2, 0.25) is 21.8 Å². The van der Waals surface area contributed by atoms with Gasteiger partial charge in [0.15, 0.2) is 0 Å². The number of nitrogens with one attached hydrogen (secondary N) is 1. The van der Waals surface area contributed by atoms with Crippen LogP contribution in [0.1, 0.15) is 23.6 Å². The van der Waals surface area contributed by atoms with Crippen LogP contribution >= 0.6 is 0 Å². The molecule has 0 spiro atoms. The summed E-state index contributed by atoms with van der Waals surface area (Å²) in [6.45, 7) is 3.33. The fourth-order valence-corrected chi connectivity index (χ4v) is 5.16. The lowest BCUT2D eigenvalue weighted by Crippen LogP contribution is -2.53. The van der Waals surface area contributed by atoms with E-state index in [0.29, 0.717) is 6.54 Å². The van der Waals surface area contributed by atoms with E-state index in [4.69, 9.17) is 4.74 Å². The summed E-state index contributed by atoms with van der Waals surface area (Å²) in [5.74, 6) is -1.03. The summed E-state index contributed by atoms with van der Waals surface area (Å²) in [4.78, 5) is 39.6. The average Bonchev–Trinajstić information content (AvgIpc) is 2.94. The Morgan fingerprint density at radius 1 is 1.02 bits per heavy atom. The van der Waals surface area contributed by atoms with E-state index in [9.17, 15) is 28.1 Å². The fourth-order valence-electron chi connectivity index (χ4n) is 4.32. The Kier molecular flexibility index (Phi) is 10.4. The summed E-state index contributed by atoms with van der Waals surface area (Å²) in [7, 11) is -2.84. The van der Waals surface area contributed by atoms with E-state index < -0.39 is 39.3 Å². The van der Waals surface area contributed by atoms with Crippen LogP contribution in [0, 0.1) is 17.0 Å². The van der Waals surface area contributed by atoms with Crippen molar-refractivity contribution in [3.63, 3.8) is 0 Å². The number of rotatable bonds is 13. The number of nitro groups is 1. The average molecular weight is 583 g/mol. The molecule has 0 unspecified atom stereocenters. The lowest BCUT2D eigenvalue weighted by molar-refractivity contribution is -0.384. The summed E-state index contributed by atoms with van der Waals surface area (Å²) in [6.07, 6.45) is 1.08. The Labute approximate surface area is 239 Å². The number of amides is 2. The molecule has 2 amide bonds. The van der Waals surface area contributed by atoms with E-state index in [0.717, 1.165) is 33.3 Å². The van der Waals surface area contributed by atoms with E-state index in [2.05, 4.69) is 5.32 Å². The predicted octanol–water partition coefficient (Wildman–Crippen LogP) is 3.45. The second kappa shape index (κ2) is 13.8. The van der Waals surface area contributed by atoms with Gasteiger partial charge in [-0.3, -0.25) is 24.0 Å². The Balaban J connectivity index is 2.10. The maximum Gasteiger partial charge on any atom is 0.271 e. The third kappa shape index (κ3) is 8.27. The zero-order chi connectivity index (χ0) is 30.2.